The highest BCUT2D eigenvalue weighted by atomic mass is 35.5. The Hall–Kier alpha value is -3.07. The van der Waals surface area contributed by atoms with Crippen molar-refractivity contribution in [3.63, 3.8) is 0 Å². The van der Waals surface area contributed by atoms with E-state index < -0.39 is 6.03 Å². The van der Waals surface area contributed by atoms with Crippen LogP contribution in [0.25, 0.3) is 0 Å². The molecule has 0 atom stereocenters. The number of amides is 2. The first kappa shape index (κ1) is 24.6. The number of allylic oxidation sites excluding steroid dienone is 5. The van der Waals surface area contributed by atoms with Crippen molar-refractivity contribution in [2.45, 2.75) is 0 Å². The van der Waals surface area contributed by atoms with Crippen molar-refractivity contribution in [3.05, 3.63) is 72.2 Å². The number of carbonyl (C=O) groups is 1. The Labute approximate surface area is 204 Å². The molecular weight excluding hydrogens is 461 g/mol. The van der Waals surface area contributed by atoms with E-state index in [0.717, 1.165) is 31.9 Å². The van der Waals surface area contributed by atoms with Gasteiger partial charge in [0.25, 0.3) is 0 Å². The molecular formula is C23H27Cl2N7O. The molecule has 1 aliphatic rings. The summed E-state index contributed by atoms with van der Waals surface area (Å²) in [5.41, 5.74) is 2.59. The van der Waals surface area contributed by atoms with Crippen LogP contribution in [0.4, 0.5) is 27.8 Å². The smallest absolute Gasteiger partial charge is 0.324 e. The molecule has 8 nitrogen and oxygen atoms in total. The molecule has 2 aromatic rings. The first-order valence-corrected chi connectivity index (χ1v) is 11.3. The lowest BCUT2D eigenvalue weighted by atomic mass is 10.2. The molecule has 10 heteroatoms. The van der Waals surface area contributed by atoms with Gasteiger partial charge in [0.05, 0.1) is 5.88 Å². The summed E-state index contributed by atoms with van der Waals surface area (Å²) in [4.78, 5) is 25.3. The molecule has 0 unspecified atom stereocenters. The van der Waals surface area contributed by atoms with Gasteiger partial charge in [0.2, 0.25) is 0 Å². The SMILES string of the molecule is C=C(Cl)/C=C\C=C(/CCl)NC(=O)Nc1cc(Nc2ccc(N3CCN(C)CC3)cc2)ncn1. The van der Waals surface area contributed by atoms with Gasteiger partial charge < -0.3 is 20.4 Å². The quantitative estimate of drug-likeness (QED) is 0.374. The van der Waals surface area contributed by atoms with Gasteiger partial charge in [-0.25, -0.2) is 14.8 Å². The van der Waals surface area contributed by atoms with Crippen LogP contribution >= 0.6 is 23.2 Å². The number of benzene rings is 1. The van der Waals surface area contributed by atoms with Gasteiger partial charge in [0.15, 0.2) is 0 Å². The molecule has 1 aromatic carbocycles. The monoisotopic (exact) mass is 487 g/mol. The van der Waals surface area contributed by atoms with E-state index in [2.05, 4.69) is 61.5 Å². The van der Waals surface area contributed by atoms with Gasteiger partial charge in [-0.15, -0.1) is 11.6 Å². The minimum atomic E-state index is -0.471. The molecule has 0 saturated carbocycles. The van der Waals surface area contributed by atoms with Crippen LogP contribution in [0.5, 0.6) is 0 Å². The second kappa shape index (κ2) is 12.2. The van der Waals surface area contributed by atoms with Gasteiger partial charge in [-0.2, -0.15) is 0 Å². The van der Waals surface area contributed by atoms with E-state index in [1.54, 1.807) is 24.3 Å². The number of hydrogen-bond donors (Lipinski definition) is 3. The van der Waals surface area contributed by atoms with Crippen LogP contribution in [-0.2, 0) is 0 Å². The summed E-state index contributed by atoms with van der Waals surface area (Å²) in [6, 6.07) is 9.38. The average molecular weight is 488 g/mol. The zero-order valence-electron chi connectivity index (χ0n) is 18.4. The molecule has 2 heterocycles. The van der Waals surface area contributed by atoms with E-state index in [0.29, 0.717) is 22.4 Å². The zero-order valence-corrected chi connectivity index (χ0v) is 19.9. The van der Waals surface area contributed by atoms with Gasteiger partial charge in [-0.1, -0.05) is 24.3 Å². The molecule has 0 radical (unpaired) electrons. The Kier molecular flexibility index (Phi) is 9.12. The van der Waals surface area contributed by atoms with E-state index in [1.165, 1.54) is 12.0 Å². The Morgan fingerprint density at radius 1 is 1.15 bits per heavy atom. The van der Waals surface area contributed by atoms with Crippen molar-refractivity contribution in [2.75, 3.05) is 54.6 Å². The van der Waals surface area contributed by atoms with Crippen LogP contribution < -0.4 is 20.9 Å². The summed E-state index contributed by atoms with van der Waals surface area (Å²) in [7, 11) is 2.14. The Morgan fingerprint density at radius 2 is 1.85 bits per heavy atom. The maximum absolute atomic E-state index is 12.3. The number of aromatic nitrogens is 2. The van der Waals surface area contributed by atoms with Crippen LogP contribution in [0.3, 0.4) is 0 Å². The van der Waals surface area contributed by atoms with Crippen LogP contribution in [0.1, 0.15) is 0 Å². The van der Waals surface area contributed by atoms with Crippen molar-refractivity contribution in [1.82, 2.24) is 20.2 Å². The molecule has 1 saturated heterocycles. The van der Waals surface area contributed by atoms with E-state index in [9.17, 15) is 4.79 Å². The van der Waals surface area contributed by atoms with Gasteiger partial charge >= 0.3 is 6.03 Å². The summed E-state index contributed by atoms with van der Waals surface area (Å²) in [6.45, 7) is 7.72. The molecule has 0 bridgehead atoms. The molecule has 174 valence electrons. The number of likely N-dealkylation sites (N-methyl/N-ethyl adjacent to an activating group) is 1. The van der Waals surface area contributed by atoms with E-state index in [1.807, 2.05) is 12.1 Å². The highest BCUT2D eigenvalue weighted by Gasteiger charge is 2.14. The van der Waals surface area contributed by atoms with E-state index in [4.69, 9.17) is 23.2 Å². The second-order valence-corrected chi connectivity index (χ2v) is 8.21. The average Bonchev–Trinajstić information content (AvgIpc) is 2.79. The third-order valence-electron chi connectivity index (χ3n) is 4.91. The lowest BCUT2D eigenvalue weighted by Crippen LogP contribution is -2.44. The molecule has 1 fully saturated rings. The van der Waals surface area contributed by atoms with Gasteiger partial charge in [0.1, 0.15) is 18.0 Å². The lowest BCUT2D eigenvalue weighted by Gasteiger charge is -2.34. The number of rotatable bonds is 8. The number of carbonyl (C=O) groups excluding carboxylic acids is 1. The number of piperazine rings is 1. The third kappa shape index (κ3) is 8.09. The zero-order chi connectivity index (χ0) is 23.6. The molecule has 3 N–H and O–H groups in total. The second-order valence-electron chi connectivity index (χ2n) is 7.46. The molecule has 2 amide bonds. The van der Waals surface area contributed by atoms with Gasteiger partial charge in [0, 0.05) is 54.3 Å². The number of halogens is 2. The van der Waals surface area contributed by atoms with Gasteiger partial charge in [-0.3, -0.25) is 5.32 Å². The number of nitrogens with zero attached hydrogens (tertiary/aromatic N) is 4. The Bertz CT molecular complexity index is 1020. The molecule has 1 aromatic heterocycles. The fourth-order valence-corrected chi connectivity index (χ4v) is 3.37. The third-order valence-corrected chi connectivity index (χ3v) is 5.32. The van der Waals surface area contributed by atoms with Crippen LogP contribution in [0.15, 0.2) is 72.2 Å². The summed E-state index contributed by atoms with van der Waals surface area (Å²) in [6.07, 6.45) is 6.26. The summed E-state index contributed by atoms with van der Waals surface area (Å²) in [5, 5.41) is 8.94. The van der Waals surface area contributed by atoms with Crippen LogP contribution in [0.2, 0.25) is 0 Å². The van der Waals surface area contributed by atoms with Crippen LogP contribution in [0, 0.1) is 0 Å². The summed E-state index contributed by atoms with van der Waals surface area (Å²) < 4.78 is 0. The van der Waals surface area contributed by atoms with E-state index >= 15 is 0 Å². The summed E-state index contributed by atoms with van der Waals surface area (Å²) in [5.74, 6) is 1.02. The van der Waals surface area contributed by atoms with Crippen molar-refractivity contribution in [2.24, 2.45) is 0 Å². The number of nitrogens with one attached hydrogen (secondary N) is 3. The number of alkyl halides is 1. The van der Waals surface area contributed by atoms with Crippen molar-refractivity contribution >= 4 is 52.2 Å². The summed E-state index contributed by atoms with van der Waals surface area (Å²) >= 11 is 11.5. The Balaban J connectivity index is 1.57. The van der Waals surface area contributed by atoms with Crippen molar-refractivity contribution < 1.29 is 4.79 Å². The fourth-order valence-electron chi connectivity index (χ4n) is 3.14. The molecule has 0 aliphatic carbocycles. The van der Waals surface area contributed by atoms with Crippen LogP contribution in [-0.4, -0.2) is 60.0 Å². The highest BCUT2D eigenvalue weighted by molar-refractivity contribution is 6.30. The number of hydrogen-bond acceptors (Lipinski definition) is 6. The van der Waals surface area contributed by atoms with E-state index in [-0.39, 0.29) is 5.88 Å². The molecule has 3 rings (SSSR count). The predicted octanol–water partition coefficient (Wildman–Crippen LogP) is 4.52. The minimum Gasteiger partial charge on any atom is -0.369 e. The molecule has 1 aliphatic heterocycles. The molecule has 0 spiro atoms. The highest BCUT2D eigenvalue weighted by Crippen LogP contribution is 2.22. The first-order chi connectivity index (χ1) is 15.9. The standard InChI is InChI=1S/C23H27Cl2N7O/c1-17(25)4-3-5-19(15-24)29-23(33)30-22-14-21(26-16-27-22)28-18-6-8-20(9-7-18)32-12-10-31(2)11-13-32/h3-9,14,16H,1,10-13,15H2,2H3,(H3,26,27,28,29,30,33)/b4-3-,19-5+. The topological polar surface area (TPSA) is 85.4 Å². The normalized spacial score (nSPS) is 14.9. The molecule has 33 heavy (non-hydrogen) atoms. The lowest BCUT2D eigenvalue weighted by molar-refractivity contribution is 0.254. The largest absolute Gasteiger partial charge is 0.369 e. The predicted molar refractivity (Wildman–Crippen MR) is 137 cm³/mol. The maximum Gasteiger partial charge on any atom is 0.324 e. The van der Waals surface area contributed by atoms with Crippen molar-refractivity contribution in [1.29, 1.82) is 0 Å². The Morgan fingerprint density at radius 3 is 2.52 bits per heavy atom. The fraction of sp³-hybridized carbons (Fsp3) is 0.261. The maximum atomic E-state index is 12.3. The van der Waals surface area contributed by atoms with Crippen molar-refractivity contribution in [3.8, 4) is 0 Å². The minimum absolute atomic E-state index is 0.118. The first-order valence-electron chi connectivity index (χ1n) is 10.4. The number of anilines is 4. The number of urea groups is 1. The van der Waals surface area contributed by atoms with Gasteiger partial charge in [-0.05, 0) is 43.5 Å².